The van der Waals surface area contributed by atoms with Crippen molar-refractivity contribution in [2.75, 3.05) is 7.05 Å². The van der Waals surface area contributed by atoms with E-state index in [1.54, 1.807) is 0 Å². The summed E-state index contributed by atoms with van der Waals surface area (Å²) in [6.45, 7) is 1.32. The highest BCUT2D eigenvalue weighted by atomic mass is 16.6. The van der Waals surface area contributed by atoms with Crippen molar-refractivity contribution in [3.63, 3.8) is 0 Å². The molecule has 0 saturated heterocycles. The van der Waals surface area contributed by atoms with Gasteiger partial charge in [-0.05, 0) is 6.92 Å². The molecule has 6 heteroatoms. The topological polar surface area (TPSA) is 102 Å². The first-order chi connectivity index (χ1) is 5.49. The average molecular weight is 176 g/mol. The molecule has 2 atom stereocenters. The molecule has 0 rings (SSSR count). The molecule has 0 aliphatic heterocycles. The summed E-state index contributed by atoms with van der Waals surface area (Å²) >= 11 is 0. The van der Waals surface area contributed by atoms with E-state index in [1.165, 1.54) is 14.0 Å². The van der Waals surface area contributed by atoms with E-state index in [0.717, 1.165) is 0 Å². The van der Waals surface area contributed by atoms with Gasteiger partial charge in [-0.2, -0.15) is 0 Å². The summed E-state index contributed by atoms with van der Waals surface area (Å²) in [5.41, 5.74) is 4.67. The summed E-state index contributed by atoms with van der Waals surface area (Å²) in [5, 5.41) is 11.2. The summed E-state index contributed by atoms with van der Waals surface area (Å²) < 4.78 is 4.34. The molecule has 6 nitrogen and oxygen atoms in total. The lowest BCUT2D eigenvalue weighted by molar-refractivity contribution is -0.133. The molecule has 12 heavy (non-hydrogen) atoms. The molecule has 0 bridgehead atoms. The molecule has 4 N–H and O–H groups in total. The second-order valence-electron chi connectivity index (χ2n) is 2.21. The van der Waals surface area contributed by atoms with E-state index in [4.69, 9.17) is 5.11 Å². The Morgan fingerprint density at radius 1 is 1.58 bits per heavy atom. The molecule has 2 amide bonds. The number of hydrogen-bond donors (Lipinski definition) is 3. The maximum absolute atomic E-state index is 10.9. The number of likely N-dealkylation sites (N-methyl/N-ethyl adjacent to an activating group) is 1. The number of carbonyl (C=O) groups is 2. The van der Waals surface area contributed by atoms with Gasteiger partial charge in [0.2, 0.25) is 6.10 Å². The van der Waals surface area contributed by atoms with Crippen molar-refractivity contribution in [2.45, 2.75) is 19.1 Å². The lowest BCUT2D eigenvalue weighted by Gasteiger charge is -2.16. The SMILES string of the molecule is CNC(=O)[C@@H](OC(N)=O)[C@@H](C)O. The molecule has 70 valence electrons. The Balaban J connectivity index is 4.23. The van der Waals surface area contributed by atoms with Gasteiger partial charge in [-0.3, -0.25) is 4.79 Å². The fourth-order valence-electron chi connectivity index (χ4n) is 0.638. The van der Waals surface area contributed by atoms with Gasteiger partial charge in [0.1, 0.15) is 0 Å². The number of rotatable bonds is 3. The van der Waals surface area contributed by atoms with Gasteiger partial charge in [-0.1, -0.05) is 0 Å². The molecule has 0 aromatic heterocycles. The van der Waals surface area contributed by atoms with Gasteiger partial charge in [-0.15, -0.1) is 0 Å². The second kappa shape index (κ2) is 4.55. The first-order valence-electron chi connectivity index (χ1n) is 3.34. The maximum atomic E-state index is 10.9. The fraction of sp³-hybridized carbons (Fsp3) is 0.667. The van der Waals surface area contributed by atoms with Crippen LogP contribution in [0.5, 0.6) is 0 Å². The van der Waals surface area contributed by atoms with Gasteiger partial charge in [0.25, 0.3) is 5.91 Å². The number of nitrogens with one attached hydrogen (secondary N) is 1. The molecule has 0 fully saturated rings. The predicted octanol–water partition coefficient (Wildman–Crippen LogP) is -1.42. The molecule has 0 aromatic rings. The van der Waals surface area contributed by atoms with Crippen molar-refractivity contribution >= 4 is 12.0 Å². The third-order valence-electron chi connectivity index (χ3n) is 1.19. The maximum Gasteiger partial charge on any atom is 0.405 e. The summed E-state index contributed by atoms with van der Waals surface area (Å²) in [7, 11) is 1.36. The third-order valence-corrected chi connectivity index (χ3v) is 1.19. The van der Waals surface area contributed by atoms with Crippen LogP contribution in [0.1, 0.15) is 6.92 Å². The minimum atomic E-state index is -1.24. The van der Waals surface area contributed by atoms with Gasteiger partial charge < -0.3 is 20.9 Å². The van der Waals surface area contributed by atoms with Crippen LogP contribution in [0.25, 0.3) is 0 Å². The quantitative estimate of drug-likeness (QED) is 0.491. The average Bonchev–Trinajstić information content (AvgIpc) is 1.98. The lowest BCUT2D eigenvalue weighted by Crippen LogP contribution is -2.43. The lowest BCUT2D eigenvalue weighted by atomic mass is 10.2. The molecule has 0 radical (unpaired) electrons. The van der Waals surface area contributed by atoms with E-state index in [9.17, 15) is 9.59 Å². The van der Waals surface area contributed by atoms with Crippen molar-refractivity contribution in [3.8, 4) is 0 Å². The van der Waals surface area contributed by atoms with E-state index in [-0.39, 0.29) is 0 Å². The van der Waals surface area contributed by atoms with Crippen LogP contribution in [0, 0.1) is 0 Å². The molecule has 0 aliphatic rings. The first kappa shape index (κ1) is 10.7. The molecule has 0 aliphatic carbocycles. The molecule has 0 unspecified atom stereocenters. The van der Waals surface area contributed by atoms with Gasteiger partial charge in [0.05, 0.1) is 6.10 Å². The van der Waals surface area contributed by atoms with Crippen LogP contribution in [0.4, 0.5) is 4.79 Å². The van der Waals surface area contributed by atoms with Crippen molar-refractivity contribution in [3.05, 3.63) is 0 Å². The Kier molecular flexibility index (Phi) is 4.06. The largest absolute Gasteiger partial charge is 0.433 e. The second-order valence-corrected chi connectivity index (χ2v) is 2.21. The summed E-state index contributed by atoms with van der Waals surface area (Å²) in [6, 6.07) is 0. The Hall–Kier alpha value is -1.30. The van der Waals surface area contributed by atoms with E-state index in [1.807, 2.05) is 0 Å². The molecule has 0 aromatic carbocycles. The number of amides is 2. The number of primary amides is 1. The van der Waals surface area contributed by atoms with Crippen LogP contribution < -0.4 is 11.1 Å². The van der Waals surface area contributed by atoms with Crippen molar-refractivity contribution in [1.82, 2.24) is 5.32 Å². The predicted molar refractivity (Wildman–Crippen MR) is 40.2 cm³/mol. The minimum Gasteiger partial charge on any atom is -0.433 e. The zero-order valence-electron chi connectivity index (χ0n) is 6.90. The van der Waals surface area contributed by atoms with Gasteiger partial charge in [-0.25, -0.2) is 4.79 Å². The summed E-state index contributed by atoms with van der Waals surface area (Å²) in [6.07, 6.45) is -3.42. The van der Waals surface area contributed by atoms with E-state index >= 15 is 0 Å². The third kappa shape index (κ3) is 3.20. The highest BCUT2D eigenvalue weighted by Crippen LogP contribution is 1.98. The van der Waals surface area contributed by atoms with Crippen LogP contribution in [0.2, 0.25) is 0 Å². The molecule has 0 saturated carbocycles. The Morgan fingerprint density at radius 3 is 2.33 bits per heavy atom. The summed E-state index contributed by atoms with van der Waals surface area (Å²) in [5.74, 6) is -0.594. The van der Waals surface area contributed by atoms with E-state index < -0.39 is 24.2 Å². The number of aliphatic hydroxyl groups is 1. The fourth-order valence-corrected chi connectivity index (χ4v) is 0.638. The molecular weight excluding hydrogens is 164 g/mol. The van der Waals surface area contributed by atoms with E-state index in [2.05, 4.69) is 15.8 Å². The number of hydrogen-bond acceptors (Lipinski definition) is 4. The molecule has 0 heterocycles. The van der Waals surface area contributed by atoms with Crippen LogP contribution in [-0.4, -0.2) is 36.4 Å². The standard InChI is InChI=1S/C6H12N2O4/c1-3(9)4(5(10)8-2)12-6(7)11/h3-4,9H,1-2H3,(H2,7,11)(H,8,10)/t3-,4+/m1/s1. The van der Waals surface area contributed by atoms with Gasteiger partial charge in [0, 0.05) is 7.05 Å². The van der Waals surface area contributed by atoms with E-state index in [0.29, 0.717) is 0 Å². The zero-order chi connectivity index (χ0) is 9.72. The smallest absolute Gasteiger partial charge is 0.405 e. The van der Waals surface area contributed by atoms with Crippen LogP contribution in [-0.2, 0) is 9.53 Å². The summed E-state index contributed by atoms with van der Waals surface area (Å²) in [4.78, 5) is 21.1. The minimum absolute atomic E-state index is 0.594. The highest BCUT2D eigenvalue weighted by molar-refractivity contribution is 5.83. The highest BCUT2D eigenvalue weighted by Gasteiger charge is 2.25. The van der Waals surface area contributed by atoms with Crippen molar-refractivity contribution < 1.29 is 19.4 Å². The number of ether oxygens (including phenoxy) is 1. The Labute approximate surface area is 69.7 Å². The van der Waals surface area contributed by atoms with Gasteiger partial charge in [0.15, 0.2) is 0 Å². The van der Waals surface area contributed by atoms with Crippen LogP contribution >= 0.6 is 0 Å². The molecule has 0 spiro atoms. The van der Waals surface area contributed by atoms with Crippen molar-refractivity contribution in [1.29, 1.82) is 0 Å². The Bertz CT molecular complexity index is 180. The number of carbonyl (C=O) groups excluding carboxylic acids is 2. The monoisotopic (exact) mass is 176 g/mol. The zero-order valence-corrected chi connectivity index (χ0v) is 6.90. The van der Waals surface area contributed by atoms with Crippen molar-refractivity contribution in [2.24, 2.45) is 5.73 Å². The van der Waals surface area contributed by atoms with Crippen LogP contribution in [0.3, 0.4) is 0 Å². The molecular formula is C6H12N2O4. The van der Waals surface area contributed by atoms with Gasteiger partial charge >= 0.3 is 6.09 Å². The Morgan fingerprint density at radius 2 is 2.08 bits per heavy atom. The van der Waals surface area contributed by atoms with Crippen LogP contribution in [0.15, 0.2) is 0 Å². The number of aliphatic hydroxyl groups excluding tert-OH is 1. The number of nitrogens with two attached hydrogens (primary N) is 1. The first-order valence-corrected chi connectivity index (χ1v) is 3.34. The normalized spacial score (nSPS) is 14.6.